The lowest BCUT2D eigenvalue weighted by Gasteiger charge is -2.13. The van der Waals surface area contributed by atoms with Crippen LogP contribution in [0.4, 0.5) is 4.39 Å². The van der Waals surface area contributed by atoms with Crippen molar-refractivity contribution < 1.29 is 33.4 Å². The molecule has 1 aliphatic heterocycles. The molecule has 0 saturated carbocycles. The molecule has 8 heteroatoms. The molecule has 30 heavy (non-hydrogen) atoms. The Labute approximate surface area is 171 Å². The molecule has 2 amide bonds. The number of carbonyl (C=O) groups is 3. The molecule has 1 N–H and O–H groups in total. The topological polar surface area (TPSA) is 93.1 Å². The second-order valence-electron chi connectivity index (χ2n) is 6.34. The minimum Gasteiger partial charge on any atom is -0.507 e. The first-order valence-electron chi connectivity index (χ1n) is 8.91. The summed E-state index contributed by atoms with van der Waals surface area (Å²) in [6.07, 6.45) is 5.33. The number of esters is 1. The highest BCUT2D eigenvalue weighted by atomic mass is 19.1. The van der Waals surface area contributed by atoms with Gasteiger partial charge in [-0.05, 0) is 29.3 Å². The molecular formula is C22H18FNO6. The number of hydrogen-bond donors (Lipinski definition) is 1. The van der Waals surface area contributed by atoms with E-state index in [0.717, 1.165) is 4.90 Å². The Hall–Kier alpha value is -3.94. The Balaban J connectivity index is 1.79. The molecule has 0 saturated heterocycles. The molecule has 0 aliphatic carbocycles. The number of carbonyl (C=O) groups excluding carboxylic acids is 3. The molecule has 0 bridgehead atoms. The van der Waals surface area contributed by atoms with Crippen LogP contribution in [0.5, 0.6) is 11.5 Å². The summed E-state index contributed by atoms with van der Waals surface area (Å²) in [5, 5.41) is 10.3. The van der Waals surface area contributed by atoms with Gasteiger partial charge in [0.15, 0.2) is 0 Å². The number of rotatable bonds is 7. The van der Waals surface area contributed by atoms with Gasteiger partial charge >= 0.3 is 5.97 Å². The van der Waals surface area contributed by atoms with Crippen molar-refractivity contribution in [3.8, 4) is 11.5 Å². The first kappa shape index (κ1) is 20.8. The van der Waals surface area contributed by atoms with Crippen LogP contribution in [0.2, 0.25) is 0 Å². The van der Waals surface area contributed by atoms with Crippen LogP contribution in [0.1, 0.15) is 21.5 Å². The number of phenols is 1. The van der Waals surface area contributed by atoms with Crippen LogP contribution in [-0.2, 0) is 20.9 Å². The Morgan fingerprint density at radius 3 is 2.43 bits per heavy atom. The van der Waals surface area contributed by atoms with Gasteiger partial charge in [-0.1, -0.05) is 24.3 Å². The molecule has 0 aromatic heterocycles. The van der Waals surface area contributed by atoms with Gasteiger partial charge in [0.05, 0.1) is 7.11 Å². The number of methoxy groups -OCH3 is 1. The van der Waals surface area contributed by atoms with Crippen LogP contribution in [0.25, 0.3) is 6.08 Å². The van der Waals surface area contributed by atoms with Gasteiger partial charge in [-0.15, -0.1) is 0 Å². The summed E-state index contributed by atoms with van der Waals surface area (Å²) in [6, 6.07) is 8.24. The first-order valence-corrected chi connectivity index (χ1v) is 8.91. The fraction of sp³-hybridized carbons (Fsp3) is 0.136. The first-order chi connectivity index (χ1) is 14.4. The number of imide groups is 1. The van der Waals surface area contributed by atoms with E-state index in [1.807, 2.05) is 0 Å². The lowest BCUT2D eigenvalue weighted by molar-refractivity contribution is -0.136. The molecule has 1 aliphatic rings. The second kappa shape index (κ2) is 9.04. The van der Waals surface area contributed by atoms with Crippen LogP contribution in [0, 0.1) is 5.82 Å². The number of phenolic OH excluding ortho intramolecular Hbond substituents is 1. The summed E-state index contributed by atoms with van der Waals surface area (Å²) >= 11 is 0. The van der Waals surface area contributed by atoms with E-state index < -0.39 is 23.6 Å². The van der Waals surface area contributed by atoms with Crippen molar-refractivity contribution in [3.05, 3.63) is 77.1 Å². The molecule has 7 nitrogen and oxygen atoms in total. The number of hydrogen-bond acceptors (Lipinski definition) is 6. The molecule has 1 heterocycles. The summed E-state index contributed by atoms with van der Waals surface area (Å²) in [5.74, 6) is -2.12. The van der Waals surface area contributed by atoms with E-state index in [2.05, 4.69) is 0 Å². The van der Waals surface area contributed by atoms with Crippen molar-refractivity contribution in [2.45, 2.75) is 6.61 Å². The normalized spacial score (nSPS) is 13.3. The lowest BCUT2D eigenvalue weighted by atomic mass is 10.0. The Morgan fingerprint density at radius 2 is 1.80 bits per heavy atom. The maximum Gasteiger partial charge on any atom is 0.342 e. The van der Waals surface area contributed by atoms with Gasteiger partial charge in [-0.3, -0.25) is 14.5 Å². The summed E-state index contributed by atoms with van der Waals surface area (Å²) in [7, 11) is 1.40. The smallest absolute Gasteiger partial charge is 0.342 e. The maximum atomic E-state index is 13.0. The van der Waals surface area contributed by atoms with Crippen molar-refractivity contribution in [1.29, 1.82) is 0 Å². The number of benzene rings is 2. The largest absolute Gasteiger partial charge is 0.507 e. The quantitative estimate of drug-likeness (QED) is 0.556. The van der Waals surface area contributed by atoms with Crippen LogP contribution >= 0.6 is 0 Å². The number of aromatic hydroxyl groups is 1. The van der Waals surface area contributed by atoms with E-state index >= 15 is 0 Å². The van der Waals surface area contributed by atoms with Gasteiger partial charge in [0, 0.05) is 24.8 Å². The molecular weight excluding hydrogens is 393 g/mol. The average molecular weight is 411 g/mol. The fourth-order valence-corrected chi connectivity index (χ4v) is 2.79. The minimum atomic E-state index is -0.797. The zero-order valence-corrected chi connectivity index (χ0v) is 16.0. The predicted molar refractivity (Wildman–Crippen MR) is 105 cm³/mol. The molecule has 0 fully saturated rings. The molecule has 3 rings (SSSR count). The Kier molecular flexibility index (Phi) is 6.26. The van der Waals surface area contributed by atoms with E-state index in [1.54, 1.807) is 0 Å². The van der Waals surface area contributed by atoms with E-state index in [4.69, 9.17) is 9.47 Å². The number of halogens is 1. The summed E-state index contributed by atoms with van der Waals surface area (Å²) in [6.45, 7) is -0.122. The van der Waals surface area contributed by atoms with Crippen LogP contribution < -0.4 is 4.74 Å². The van der Waals surface area contributed by atoms with E-state index in [0.29, 0.717) is 11.3 Å². The van der Waals surface area contributed by atoms with Crippen molar-refractivity contribution >= 4 is 23.9 Å². The highest BCUT2D eigenvalue weighted by Crippen LogP contribution is 2.30. The maximum absolute atomic E-state index is 13.0. The molecule has 2 aromatic carbocycles. The number of ether oxygens (including phenoxy) is 2. The van der Waals surface area contributed by atoms with E-state index in [9.17, 15) is 23.9 Å². The lowest BCUT2D eigenvalue weighted by Crippen LogP contribution is -2.29. The number of amides is 2. The van der Waals surface area contributed by atoms with Crippen LogP contribution in [-0.4, -0.2) is 41.4 Å². The zero-order chi connectivity index (χ0) is 21.7. The average Bonchev–Trinajstić information content (AvgIpc) is 3.05. The molecule has 154 valence electrons. The molecule has 0 spiro atoms. The summed E-state index contributed by atoms with van der Waals surface area (Å²) in [5.41, 5.74) is 0.753. The van der Waals surface area contributed by atoms with Gasteiger partial charge in [0.1, 0.15) is 29.5 Å². The van der Waals surface area contributed by atoms with Crippen molar-refractivity contribution in [2.75, 3.05) is 13.7 Å². The SMILES string of the molecule is COc1cc(O)c(C(=O)OCc2ccc(F)cc2)c(C=CCN2C(=O)C=CC2=O)c1. The third-order valence-electron chi connectivity index (χ3n) is 4.33. The van der Waals surface area contributed by atoms with Crippen molar-refractivity contribution in [1.82, 2.24) is 4.90 Å². The molecule has 0 radical (unpaired) electrons. The van der Waals surface area contributed by atoms with Gasteiger partial charge in [0.25, 0.3) is 11.8 Å². The Morgan fingerprint density at radius 1 is 1.13 bits per heavy atom. The van der Waals surface area contributed by atoms with Gasteiger partial charge in [0.2, 0.25) is 0 Å². The van der Waals surface area contributed by atoms with Crippen LogP contribution in [0.3, 0.4) is 0 Å². The fourth-order valence-electron chi connectivity index (χ4n) is 2.79. The minimum absolute atomic E-state index is 0.00724. The predicted octanol–water partition coefficient (Wildman–Crippen LogP) is 2.84. The van der Waals surface area contributed by atoms with Gasteiger partial charge in [-0.25, -0.2) is 9.18 Å². The third-order valence-corrected chi connectivity index (χ3v) is 4.33. The van der Waals surface area contributed by atoms with Crippen molar-refractivity contribution in [2.24, 2.45) is 0 Å². The number of nitrogens with zero attached hydrogens (tertiary/aromatic N) is 1. The van der Waals surface area contributed by atoms with Crippen LogP contribution in [0.15, 0.2) is 54.6 Å². The molecule has 0 atom stereocenters. The second-order valence-corrected chi connectivity index (χ2v) is 6.34. The summed E-state index contributed by atoms with van der Waals surface area (Å²) < 4.78 is 23.3. The summed E-state index contributed by atoms with van der Waals surface area (Å²) in [4.78, 5) is 36.9. The standard InChI is InChI=1S/C22H18FNO6/c1-29-17-11-15(3-2-10-24-19(26)8-9-20(24)27)21(18(25)12-17)22(28)30-13-14-4-6-16(23)7-5-14/h2-9,11-12,25H,10,13H2,1H3. The zero-order valence-electron chi connectivity index (χ0n) is 16.0. The highest BCUT2D eigenvalue weighted by molar-refractivity contribution is 6.13. The Bertz CT molecular complexity index is 1020. The van der Waals surface area contributed by atoms with E-state index in [-0.39, 0.29) is 30.0 Å². The highest BCUT2D eigenvalue weighted by Gasteiger charge is 2.22. The molecule has 0 unspecified atom stereocenters. The van der Waals surface area contributed by atoms with Gasteiger partial charge < -0.3 is 14.6 Å². The van der Waals surface area contributed by atoms with Gasteiger partial charge in [-0.2, -0.15) is 0 Å². The monoisotopic (exact) mass is 411 g/mol. The molecule has 2 aromatic rings. The third kappa shape index (κ3) is 4.72. The van der Waals surface area contributed by atoms with Crippen molar-refractivity contribution in [3.63, 3.8) is 0 Å². The van der Waals surface area contributed by atoms with E-state index in [1.165, 1.54) is 67.8 Å².